The summed E-state index contributed by atoms with van der Waals surface area (Å²) < 4.78 is 0. The molecule has 11 heavy (non-hydrogen) atoms. The lowest BCUT2D eigenvalue weighted by Gasteiger charge is -2.02. The maximum Gasteiger partial charge on any atom is 0.631 e. The van der Waals surface area contributed by atoms with Crippen LogP contribution in [-0.4, -0.2) is 31.2 Å². The van der Waals surface area contributed by atoms with E-state index in [1.165, 1.54) is 18.1 Å². The number of hydrogen-bond donors (Lipinski definition) is 3. The minimum absolute atomic E-state index is 0.137. The molecule has 1 radical (unpaired) electrons. The monoisotopic (exact) mass is 177 g/mol. The fraction of sp³-hybridized carbons (Fsp3) is 1.00. The first-order valence-corrected chi connectivity index (χ1v) is 6.08. The van der Waals surface area contributed by atoms with E-state index in [1.807, 2.05) is 0 Å². The van der Waals surface area contributed by atoms with Crippen LogP contribution in [0.3, 0.4) is 0 Å². The molecule has 5 heteroatoms. The van der Waals surface area contributed by atoms with Crippen LogP contribution in [0.2, 0.25) is 18.1 Å². The molecule has 0 aliphatic heterocycles. The smallest absolute Gasteiger partial charge is 0.402 e. The van der Waals surface area contributed by atoms with E-state index >= 15 is 0 Å². The van der Waals surface area contributed by atoms with Crippen molar-refractivity contribution in [2.75, 3.05) is 0 Å². The van der Waals surface area contributed by atoms with Crippen LogP contribution < -0.4 is 0 Å². The average molecular weight is 177 g/mol. The number of hydrogen-bond acceptors (Lipinski definition) is 3. The minimum atomic E-state index is -2.17. The van der Waals surface area contributed by atoms with E-state index in [2.05, 4.69) is 20.8 Å². The van der Waals surface area contributed by atoms with Gasteiger partial charge in [-0.2, -0.15) is 0 Å². The molecule has 0 aliphatic carbocycles. The second-order valence-corrected chi connectivity index (χ2v) is 5.78. The molecule has 3 nitrogen and oxygen atoms in total. The van der Waals surface area contributed by atoms with Crippen LogP contribution in [0.1, 0.15) is 20.8 Å². The lowest BCUT2D eigenvalue weighted by molar-refractivity contribution is 0.278. The van der Waals surface area contributed by atoms with E-state index in [0.29, 0.717) is 0 Å². The van der Waals surface area contributed by atoms with Crippen LogP contribution in [0, 0.1) is 0 Å². The molecule has 0 saturated carbocycles. The predicted molar refractivity (Wildman–Crippen MR) is 49.6 cm³/mol. The quantitative estimate of drug-likeness (QED) is 0.550. The van der Waals surface area contributed by atoms with Crippen LogP contribution in [0.15, 0.2) is 0 Å². The summed E-state index contributed by atoms with van der Waals surface area (Å²) in [5.41, 5.74) is 0. The molecule has 0 aromatic carbocycles. The van der Waals surface area contributed by atoms with Gasteiger partial charge in [0.25, 0.3) is 0 Å². The van der Waals surface area contributed by atoms with Crippen molar-refractivity contribution in [2.45, 2.75) is 38.9 Å². The van der Waals surface area contributed by atoms with Gasteiger partial charge in [0.05, 0.1) is 0 Å². The summed E-state index contributed by atoms with van der Waals surface area (Å²) in [7, 11) is -2.03. The van der Waals surface area contributed by atoms with E-state index in [0.717, 1.165) is 0 Å². The summed E-state index contributed by atoms with van der Waals surface area (Å²) in [4.78, 5) is 0. The zero-order valence-electron chi connectivity index (χ0n) is 7.54. The molecule has 0 aromatic heterocycles. The molecule has 0 rings (SSSR count). The van der Waals surface area contributed by atoms with Crippen LogP contribution in [-0.2, 0) is 0 Å². The van der Waals surface area contributed by atoms with Gasteiger partial charge in [0.15, 0.2) is 0 Å². The Hall–Kier alpha value is 0.162. The second-order valence-electron chi connectivity index (χ2n) is 2.16. The topological polar surface area (TPSA) is 60.7 Å². The summed E-state index contributed by atoms with van der Waals surface area (Å²) in [6, 6.07) is 4.37. The molecule has 0 spiro atoms. The van der Waals surface area contributed by atoms with Gasteiger partial charge in [0, 0.05) is 8.80 Å². The molecule has 3 N–H and O–H groups in total. The summed E-state index contributed by atoms with van der Waals surface area (Å²) >= 11 is 0. The Bertz CT molecular complexity index is 60.6. The Kier molecular flexibility index (Phi) is 12.7. The van der Waals surface area contributed by atoms with Crippen molar-refractivity contribution >= 4 is 16.1 Å². The Balaban J connectivity index is 0. The lowest BCUT2D eigenvalue weighted by Crippen LogP contribution is -2.07. The van der Waals surface area contributed by atoms with Crippen molar-refractivity contribution in [1.82, 2.24) is 0 Å². The molecular weight excluding hydrogens is 159 g/mol. The highest BCUT2D eigenvalue weighted by Crippen LogP contribution is 2.01. The van der Waals surface area contributed by atoms with E-state index in [1.54, 1.807) is 0 Å². The molecule has 0 atom stereocenters. The molecule has 67 valence electrons. The standard InChI is InChI=1S/C6H15Si.BH3O3/c1-4-7(5-2)6-3;2-1(3)4/h4-6H2,1-3H3;2-4H. The summed E-state index contributed by atoms with van der Waals surface area (Å²) in [5.74, 6) is 0. The van der Waals surface area contributed by atoms with E-state index < -0.39 is 7.32 Å². The van der Waals surface area contributed by atoms with Gasteiger partial charge in [-0.3, -0.25) is 0 Å². The highest BCUT2D eigenvalue weighted by atomic mass is 28.3. The first-order valence-electron chi connectivity index (χ1n) is 3.96. The Morgan fingerprint density at radius 3 is 1.09 bits per heavy atom. The van der Waals surface area contributed by atoms with E-state index in [-0.39, 0.29) is 8.80 Å². The van der Waals surface area contributed by atoms with Gasteiger partial charge < -0.3 is 15.1 Å². The summed E-state index contributed by atoms with van der Waals surface area (Å²) in [6.45, 7) is 6.92. The third kappa shape index (κ3) is 17.8. The predicted octanol–water partition coefficient (Wildman–Crippen LogP) is 0.489. The van der Waals surface area contributed by atoms with Crippen molar-refractivity contribution in [3.63, 3.8) is 0 Å². The van der Waals surface area contributed by atoms with Gasteiger partial charge >= 0.3 is 7.32 Å². The van der Waals surface area contributed by atoms with Crippen molar-refractivity contribution in [2.24, 2.45) is 0 Å². The van der Waals surface area contributed by atoms with E-state index in [9.17, 15) is 0 Å². The molecule has 0 amide bonds. The molecule has 0 unspecified atom stereocenters. The maximum absolute atomic E-state index is 7.17. The van der Waals surface area contributed by atoms with Gasteiger partial charge in [-0.1, -0.05) is 38.9 Å². The average Bonchev–Trinajstić information content (AvgIpc) is 1.90. The van der Waals surface area contributed by atoms with Gasteiger partial charge in [-0.15, -0.1) is 0 Å². The first kappa shape index (κ1) is 13.7. The minimum Gasteiger partial charge on any atom is -0.402 e. The third-order valence-corrected chi connectivity index (χ3v) is 4.50. The normalized spacial score (nSPS) is 9.00. The summed E-state index contributed by atoms with van der Waals surface area (Å²) in [6.07, 6.45) is 0. The highest BCUT2D eigenvalue weighted by Gasteiger charge is 1.98. The number of rotatable bonds is 3. The maximum atomic E-state index is 7.17. The van der Waals surface area contributed by atoms with Crippen molar-refractivity contribution < 1.29 is 15.1 Å². The van der Waals surface area contributed by atoms with Crippen molar-refractivity contribution in [1.29, 1.82) is 0 Å². The molecule has 0 bridgehead atoms. The largest absolute Gasteiger partial charge is 0.631 e. The van der Waals surface area contributed by atoms with Crippen LogP contribution in [0.5, 0.6) is 0 Å². The van der Waals surface area contributed by atoms with Crippen LogP contribution in [0.25, 0.3) is 0 Å². The third-order valence-electron chi connectivity index (χ3n) is 1.50. The van der Waals surface area contributed by atoms with Gasteiger partial charge in [0.2, 0.25) is 0 Å². The van der Waals surface area contributed by atoms with Crippen molar-refractivity contribution in [3.8, 4) is 0 Å². The molecular formula is C6H18BO3Si. The van der Waals surface area contributed by atoms with Crippen LogP contribution >= 0.6 is 0 Å². The lowest BCUT2D eigenvalue weighted by atomic mass is 10.3. The highest BCUT2D eigenvalue weighted by molar-refractivity contribution is 6.58. The van der Waals surface area contributed by atoms with Gasteiger partial charge in [0.1, 0.15) is 0 Å². The van der Waals surface area contributed by atoms with Gasteiger partial charge in [-0.25, -0.2) is 0 Å². The van der Waals surface area contributed by atoms with Crippen molar-refractivity contribution in [3.05, 3.63) is 0 Å². The SMILES string of the molecule is CC[Si](CC)CC.OB(O)O. The molecule has 0 aromatic rings. The Morgan fingerprint density at radius 1 is 0.909 bits per heavy atom. The van der Waals surface area contributed by atoms with Gasteiger partial charge in [-0.05, 0) is 0 Å². The second kappa shape index (κ2) is 10.2. The Labute approximate surface area is 70.9 Å². The molecule has 0 heterocycles. The molecule has 0 aliphatic rings. The zero-order chi connectivity index (χ0) is 9.28. The zero-order valence-corrected chi connectivity index (χ0v) is 8.54. The van der Waals surface area contributed by atoms with E-state index in [4.69, 9.17) is 15.1 Å². The van der Waals surface area contributed by atoms with Crippen LogP contribution in [0.4, 0.5) is 0 Å². The fourth-order valence-corrected chi connectivity index (χ4v) is 2.25. The fourth-order valence-electron chi connectivity index (χ4n) is 0.750. The molecule has 0 fully saturated rings. The summed E-state index contributed by atoms with van der Waals surface area (Å²) in [5, 5.41) is 21.5. The Morgan fingerprint density at radius 2 is 1.09 bits per heavy atom. The molecule has 0 saturated heterocycles. The first-order chi connectivity index (χ1) is 5.08.